The normalized spacial score (nSPS) is 42.8. The van der Waals surface area contributed by atoms with Crippen molar-refractivity contribution in [2.45, 2.75) is 44.2 Å². The maximum atomic E-state index is 6.00. The van der Waals surface area contributed by atoms with Gasteiger partial charge in [0.1, 0.15) is 11.1 Å². The molecule has 4 atom stereocenters. The molecule has 1 aliphatic heterocycles. The van der Waals surface area contributed by atoms with Crippen LogP contribution in [0.1, 0.15) is 38.7 Å². The van der Waals surface area contributed by atoms with Gasteiger partial charge in [-0.1, -0.05) is 62.2 Å². The van der Waals surface area contributed by atoms with E-state index in [2.05, 4.69) is 50.3 Å². The van der Waals surface area contributed by atoms with Crippen molar-refractivity contribution in [2.24, 2.45) is 27.5 Å². The Hall–Kier alpha value is -1.15. The molecule has 3 heteroatoms. The summed E-state index contributed by atoms with van der Waals surface area (Å²) in [6.45, 7) is 4.66. The van der Waals surface area contributed by atoms with Crippen LogP contribution in [0.3, 0.4) is 0 Å². The van der Waals surface area contributed by atoms with Crippen LogP contribution in [0.5, 0.6) is 0 Å². The van der Waals surface area contributed by atoms with Crippen LogP contribution in [-0.2, 0) is 5.54 Å². The smallest absolute Gasteiger partial charge is 0.117 e. The van der Waals surface area contributed by atoms with Crippen molar-refractivity contribution in [3.63, 3.8) is 0 Å². The van der Waals surface area contributed by atoms with Crippen molar-refractivity contribution in [3.8, 4) is 0 Å². The molecule has 1 aromatic carbocycles. The average molecular weight is 301 g/mol. The van der Waals surface area contributed by atoms with Crippen LogP contribution in [-0.4, -0.2) is 5.54 Å². The maximum absolute atomic E-state index is 6.00. The van der Waals surface area contributed by atoms with Crippen LogP contribution < -0.4 is 0 Å². The Morgan fingerprint density at radius 2 is 1.81 bits per heavy atom. The maximum Gasteiger partial charge on any atom is 0.117 e. The molecule has 3 aliphatic rings. The van der Waals surface area contributed by atoms with E-state index in [1.807, 2.05) is 0 Å². The molecule has 2 saturated carbocycles. The highest BCUT2D eigenvalue weighted by Crippen LogP contribution is 2.74. The zero-order chi connectivity index (χ0) is 14.7. The molecule has 0 radical (unpaired) electrons. The van der Waals surface area contributed by atoms with E-state index >= 15 is 0 Å². The number of benzene rings is 1. The fourth-order valence-corrected chi connectivity index (χ4v) is 5.76. The molecule has 1 aromatic rings. The molecule has 0 saturated heterocycles. The molecule has 2 nitrogen and oxygen atoms in total. The van der Waals surface area contributed by atoms with Crippen LogP contribution in [0, 0.1) is 17.3 Å². The van der Waals surface area contributed by atoms with Gasteiger partial charge in [0.2, 0.25) is 0 Å². The minimum atomic E-state index is -0.230. The summed E-state index contributed by atoms with van der Waals surface area (Å²) in [7, 11) is 0. The van der Waals surface area contributed by atoms with E-state index in [0.717, 1.165) is 0 Å². The predicted molar refractivity (Wildman–Crippen MR) is 85.3 cm³/mol. The van der Waals surface area contributed by atoms with E-state index in [1.165, 1.54) is 24.8 Å². The van der Waals surface area contributed by atoms with E-state index in [1.54, 1.807) is 5.54 Å². The summed E-state index contributed by atoms with van der Waals surface area (Å²) < 4.78 is 0. The number of azo groups is 1. The Bertz CT molecular complexity index is 621. The largest absolute Gasteiger partial charge is 0.181 e. The van der Waals surface area contributed by atoms with Crippen molar-refractivity contribution in [2.75, 3.05) is 0 Å². The van der Waals surface area contributed by atoms with Crippen molar-refractivity contribution < 1.29 is 0 Å². The van der Waals surface area contributed by atoms with E-state index in [4.69, 9.17) is 21.8 Å². The molecule has 0 N–H and O–H groups in total. The Morgan fingerprint density at radius 3 is 2.52 bits per heavy atom. The minimum Gasteiger partial charge on any atom is -0.181 e. The lowest BCUT2D eigenvalue weighted by molar-refractivity contribution is 0.164. The number of rotatable bonds is 2. The second kappa shape index (κ2) is 4.19. The zero-order valence-electron chi connectivity index (χ0n) is 12.6. The Labute approximate surface area is 131 Å². The van der Waals surface area contributed by atoms with Gasteiger partial charge in [-0.2, -0.15) is 10.2 Å². The monoisotopic (exact) mass is 300 g/mol. The average Bonchev–Trinajstić information content (AvgIpc) is 3.09. The molecule has 4 rings (SSSR count). The lowest BCUT2D eigenvalue weighted by Crippen LogP contribution is -2.45. The van der Waals surface area contributed by atoms with Crippen LogP contribution in [0.4, 0.5) is 0 Å². The SMILES string of the molecule is CC1(C)[C@]2(/C=C\Cl)N=N[C@@]1(c1ccccc1)[C@H]1CCC[C@H]12. The fourth-order valence-electron chi connectivity index (χ4n) is 5.57. The second-order valence-electron chi connectivity index (χ2n) is 7.22. The molecule has 0 aromatic heterocycles. The first-order chi connectivity index (χ1) is 10.1. The number of hydrogen-bond donors (Lipinski definition) is 0. The lowest BCUT2D eigenvalue weighted by Gasteiger charge is -2.40. The summed E-state index contributed by atoms with van der Waals surface area (Å²) in [4.78, 5) is 0. The first-order valence-corrected chi connectivity index (χ1v) is 8.31. The standard InChI is InChI=1S/C18H21ClN2/c1-16(2)17(11-12-19)14-9-6-10-15(14)18(16,21-20-17)13-7-4-3-5-8-13/h3-5,7-8,11-12,14-15H,6,9-10H2,1-2H3/b12-11-/t14-,15+,17-,18+/m1/s1. The molecule has 2 aliphatic carbocycles. The lowest BCUT2D eigenvalue weighted by atomic mass is 9.63. The second-order valence-corrected chi connectivity index (χ2v) is 7.47. The fraction of sp³-hybridized carbons (Fsp3) is 0.556. The summed E-state index contributed by atoms with van der Waals surface area (Å²) in [5.74, 6) is 1.15. The van der Waals surface area contributed by atoms with Crippen LogP contribution in [0.15, 0.2) is 52.2 Å². The summed E-state index contributed by atoms with van der Waals surface area (Å²) in [5.41, 5.74) is 2.51. The summed E-state index contributed by atoms with van der Waals surface area (Å²) in [5, 5.41) is 9.73. The first kappa shape index (κ1) is 13.5. The summed E-state index contributed by atoms with van der Waals surface area (Å²) >= 11 is 6.00. The van der Waals surface area contributed by atoms with Gasteiger partial charge < -0.3 is 0 Å². The number of fused-ring (bicyclic) bond motifs is 5. The Balaban J connectivity index is 1.98. The van der Waals surface area contributed by atoms with Gasteiger partial charge in [0, 0.05) is 11.0 Å². The third kappa shape index (κ3) is 1.31. The van der Waals surface area contributed by atoms with Gasteiger partial charge >= 0.3 is 0 Å². The highest BCUT2D eigenvalue weighted by Gasteiger charge is 2.76. The van der Waals surface area contributed by atoms with Gasteiger partial charge in [-0.15, -0.1) is 0 Å². The topological polar surface area (TPSA) is 24.7 Å². The Morgan fingerprint density at radius 1 is 1.10 bits per heavy atom. The highest BCUT2D eigenvalue weighted by atomic mass is 35.5. The molecule has 2 bridgehead atoms. The molecule has 0 unspecified atom stereocenters. The van der Waals surface area contributed by atoms with Crippen molar-refractivity contribution in [1.82, 2.24) is 0 Å². The molecule has 110 valence electrons. The van der Waals surface area contributed by atoms with E-state index < -0.39 is 0 Å². The van der Waals surface area contributed by atoms with Crippen LogP contribution >= 0.6 is 11.6 Å². The van der Waals surface area contributed by atoms with Crippen LogP contribution in [0.25, 0.3) is 0 Å². The summed E-state index contributed by atoms with van der Waals surface area (Å²) in [6, 6.07) is 10.8. The molecule has 0 spiro atoms. The van der Waals surface area contributed by atoms with Gasteiger partial charge in [0.05, 0.1) is 0 Å². The Kier molecular flexibility index (Phi) is 2.70. The molecule has 21 heavy (non-hydrogen) atoms. The third-order valence-electron chi connectivity index (χ3n) is 6.48. The van der Waals surface area contributed by atoms with Crippen LogP contribution in [0.2, 0.25) is 0 Å². The first-order valence-electron chi connectivity index (χ1n) is 7.88. The van der Waals surface area contributed by atoms with Gasteiger partial charge in [-0.25, -0.2) is 0 Å². The quantitative estimate of drug-likeness (QED) is 0.708. The van der Waals surface area contributed by atoms with Crippen molar-refractivity contribution >= 4 is 11.6 Å². The van der Waals surface area contributed by atoms with E-state index in [9.17, 15) is 0 Å². The number of halogens is 1. The third-order valence-corrected chi connectivity index (χ3v) is 6.60. The molecular formula is C18H21ClN2. The van der Waals surface area contributed by atoms with Gasteiger partial charge in [0.25, 0.3) is 0 Å². The number of hydrogen-bond acceptors (Lipinski definition) is 2. The van der Waals surface area contributed by atoms with E-state index in [0.29, 0.717) is 11.8 Å². The van der Waals surface area contributed by atoms with Crippen molar-refractivity contribution in [3.05, 3.63) is 47.5 Å². The minimum absolute atomic E-state index is 0.0392. The van der Waals surface area contributed by atoms with Gasteiger partial charge in [-0.3, -0.25) is 0 Å². The predicted octanol–water partition coefficient (Wildman–Crippen LogP) is 5.30. The highest BCUT2D eigenvalue weighted by molar-refractivity contribution is 6.25. The van der Waals surface area contributed by atoms with Gasteiger partial charge in [0.15, 0.2) is 0 Å². The number of nitrogens with zero attached hydrogens (tertiary/aromatic N) is 2. The van der Waals surface area contributed by atoms with Crippen molar-refractivity contribution in [1.29, 1.82) is 0 Å². The van der Waals surface area contributed by atoms with E-state index in [-0.39, 0.29) is 16.5 Å². The molecule has 0 amide bonds. The summed E-state index contributed by atoms with van der Waals surface area (Å²) in [6.07, 6.45) is 5.88. The molecule has 1 heterocycles. The zero-order valence-corrected chi connectivity index (χ0v) is 13.3. The van der Waals surface area contributed by atoms with Gasteiger partial charge in [-0.05, 0) is 36.3 Å². The molecular weight excluding hydrogens is 280 g/mol. The molecule has 2 fully saturated rings.